The first-order chi connectivity index (χ1) is 17.1. The minimum atomic E-state index is -0.715. The number of aromatic nitrogens is 1. The number of nitrogens with two attached hydrogens (primary N) is 1. The second-order valence-corrected chi connectivity index (χ2v) is 9.26. The van der Waals surface area contributed by atoms with Gasteiger partial charge < -0.3 is 20.9 Å². The highest BCUT2D eigenvalue weighted by atomic mass is 16.6. The molecular formula is C29H27N3O4. The van der Waals surface area contributed by atoms with Gasteiger partial charge in [-0.1, -0.05) is 42.5 Å². The number of benzene rings is 3. The topological polar surface area (TPSA) is 115 Å². The molecule has 0 radical (unpaired) electrons. The van der Waals surface area contributed by atoms with Gasteiger partial charge >= 0.3 is 5.97 Å². The number of phenolic OH excluding ortho intramolecular Hbond substituents is 1. The molecule has 4 rings (SSSR count). The fraction of sp³-hybridized carbons (Fsp3) is 0.138. The lowest BCUT2D eigenvalue weighted by atomic mass is 10.0. The predicted molar refractivity (Wildman–Crippen MR) is 141 cm³/mol. The first kappa shape index (κ1) is 24.5. The Morgan fingerprint density at radius 3 is 2.25 bits per heavy atom. The highest BCUT2D eigenvalue weighted by molar-refractivity contribution is 6.10. The van der Waals surface area contributed by atoms with Crippen LogP contribution in [-0.2, 0) is 4.74 Å². The van der Waals surface area contributed by atoms with E-state index in [9.17, 15) is 14.7 Å². The second-order valence-electron chi connectivity index (χ2n) is 9.26. The van der Waals surface area contributed by atoms with Crippen LogP contribution < -0.4 is 11.1 Å². The highest BCUT2D eigenvalue weighted by Gasteiger charge is 2.23. The van der Waals surface area contributed by atoms with Gasteiger partial charge in [0.15, 0.2) is 0 Å². The molecule has 0 aliphatic heterocycles. The van der Waals surface area contributed by atoms with Gasteiger partial charge in [-0.05, 0) is 74.4 Å². The third-order valence-corrected chi connectivity index (χ3v) is 5.30. The number of nitrogens with one attached hydrogen (secondary N) is 1. The van der Waals surface area contributed by atoms with Crippen LogP contribution in [-0.4, -0.2) is 27.6 Å². The molecular weight excluding hydrogens is 454 g/mol. The Balaban J connectivity index is 1.73. The van der Waals surface area contributed by atoms with Crippen molar-refractivity contribution in [1.29, 1.82) is 0 Å². The predicted octanol–water partition coefficient (Wildman–Crippen LogP) is 5.91. The summed E-state index contributed by atoms with van der Waals surface area (Å²) < 4.78 is 5.55. The lowest BCUT2D eigenvalue weighted by Crippen LogP contribution is -2.25. The van der Waals surface area contributed by atoms with E-state index in [1.165, 1.54) is 12.1 Å². The number of carbonyl (C=O) groups is 2. The molecule has 36 heavy (non-hydrogen) atoms. The SMILES string of the molecule is CC(C)(C)OC(=O)c1ccc(-c2ccccc2)cc1NC(=O)c1cc(-c2cccc(N)n2)ccc1O. The van der Waals surface area contributed by atoms with Gasteiger partial charge in [0.25, 0.3) is 5.91 Å². The van der Waals surface area contributed by atoms with Crippen LogP contribution in [0.25, 0.3) is 22.4 Å². The number of ether oxygens (including phenoxy) is 1. The van der Waals surface area contributed by atoms with E-state index in [-0.39, 0.29) is 22.6 Å². The number of aromatic hydroxyl groups is 1. The van der Waals surface area contributed by atoms with E-state index in [0.29, 0.717) is 17.1 Å². The van der Waals surface area contributed by atoms with Gasteiger partial charge in [-0.25, -0.2) is 9.78 Å². The van der Waals surface area contributed by atoms with Gasteiger partial charge in [0.2, 0.25) is 0 Å². The number of hydrogen-bond donors (Lipinski definition) is 3. The lowest BCUT2D eigenvalue weighted by Gasteiger charge is -2.21. The summed E-state index contributed by atoms with van der Waals surface area (Å²) in [6, 6.07) is 24.5. The van der Waals surface area contributed by atoms with E-state index >= 15 is 0 Å². The van der Waals surface area contributed by atoms with Crippen molar-refractivity contribution in [2.24, 2.45) is 0 Å². The summed E-state index contributed by atoms with van der Waals surface area (Å²) in [5, 5.41) is 13.2. The van der Waals surface area contributed by atoms with Crippen molar-refractivity contribution < 1.29 is 19.4 Å². The number of rotatable bonds is 5. The molecule has 182 valence electrons. The minimum absolute atomic E-state index is 0.0250. The average Bonchev–Trinajstić information content (AvgIpc) is 2.83. The first-order valence-corrected chi connectivity index (χ1v) is 11.4. The molecule has 4 aromatic rings. The van der Waals surface area contributed by atoms with E-state index in [1.54, 1.807) is 63.2 Å². The van der Waals surface area contributed by atoms with E-state index in [2.05, 4.69) is 10.3 Å². The molecule has 7 nitrogen and oxygen atoms in total. The van der Waals surface area contributed by atoms with Crippen LogP contribution in [0.4, 0.5) is 11.5 Å². The van der Waals surface area contributed by atoms with Gasteiger partial charge in [-0.3, -0.25) is 4.79 Å². The van der Waals surface area contributed by atoms with Crippen molar-refractivity contribution in [1.82, 2.24) is 4.98 Å². The van der Waals surface area contributed by atoms with Gasteiger partial charge in [0, 0.05) is 5.56 Å². The molecule has 0 fully saturated rings. The number of nitrogen functional groups attached to an aromatic ring is 1. The molecule has 0 bridgehead atoms. The van der Waals surface area contributed by atoms with Crippen molar-refractivity contribution in [3.05, 3.63) is 96.1 Å². The van der Waals surface area contributed by atoms with Crippen LogP contribution in [0.2, 0.25) is 0 Å². The molecule has 3 aromatic carbocycles. The van der Waals surface area contributed by atoms with Crippen molar-refractivity contribution in [2.75, 3.05) is 11.1 Å². The number of carbonyl (C=O) groups excluding carboxylic acids is 2. The molecule has 1 amide bonds. The molecule has 4 N–H and O–H groups in total. The third kappa shape index (κ3) is 5.70. The highest BCUT2D eigenvalue weighted by Crippen LogP contribution is 2.30. The zero-order valence-electron chi connectivity index (χ0n) is 20.3. The molecule has 0 saturated heterocycles. The van der Waals surface area contributed by atoms with Crippen LogP contribution in [0.15, 0.2) is 84.9 Å². The van der Waals surface area contributed by atoms with Crippen molar-refractivity contribution in [2.45, 2.75) is 26.4 Å². The number of esters is 1. The van der Waals surface area contributed by atoms with E-state index in [4.69, 9.17) is 10.5 Å². The normalized spacial score (nSPS) is 11.1. The van der Waals surface area contributed by atoms with Crippen LogP contribution in [0.3, 0.4) is 0 Å². The molecule has 0 aliphatic rings. The molecule has 0 atom stereocenters. The van der Waals surface area contributed by atoms with E-state index in [0.717, 1.165) is 11.1 Å². The number of nitrogens with zero attached hydrogens (tertiary/aromatic N) is 1. The van der Waals surface area contributed by atoms with Crippen LogP contribution in [0, 0.1) is 0 Å². The maximum atomic E-state index is 13.3. The molecule has 0 saturated carbocycles. The fourth-order valence-corrected chi connectivity index (χ4v) is 3.65. The molecule has 0 unspecified atom stereocenters. The Kier molecular flexibility index (Phi) is 6.74. The zero-order chi connectivity index (χ0) is 25.9. The molecule has 1 aromatic heterocycles. The third-order valence-electron chi connectivity index (χ3n) is 5.30. The van der Waals surface area contributed by atoms with Gasteiger partial charge in [0.05, 0.1) is 22.5 Å². The Morgan fingerprint density at radius 2 is 1.56 bits per heavy atom. The van der Waals surface area contributed by atoms with Crippen LogP contribution >= 0.6 is 0 Å². The number of pyridine rings is 1. The zero-order valence-corrected chi connectivity index (χ0v) is 20.3. The van der Waals surface area contributed by atoms with Crippen molar-refractivity contribution in [3.63, 3.8) is 0 Å². The lowest BCUT2D eigenvalue weighted by molar-refractivity contribution is 0.00708. The number of phenols is 1. The standard InChI is InChI=1S/C29H27N3O4/c1-29(2,3)36-28(35)21-14-12-19(18-8-5-4-6-9-18)17-24(21)32-27(34)22-16-20(13-15-25(22)33)23-10-7-11-26(30)31-23/h4-17,33H,1-3H3,(H2,30,31)(H,32,34). The summed E-state index contributed by atoms with van der Waals surface area (Å²) in [4.78, 5) is 30.5. The smallest absolute Gasteiger partial charge is 0.340 e. The molecule has 7 heteroatoms. The molecule has 0 aliphatic carbocycles. The maximum absolute atomic E-state index is 13.3. The summed E-state index contributed by atoms with van der Waals surface area (Å²) in [7, 11) is 0. The number of anilines is 2. The summed E-state index contributed by atoms with van der Waals surface area (Å²) in [6.07, 6.45) is 0. The molecule has 0 spiro atoms. The van der Waals surface area contributed by atoms with E-state index in [1.807, 2.05) is 30.3 Å². The fourth-order valence-electron chi connectivity index (χ4n) is 3.65. The largest absolute Gasteiger partial charge is 0.507 e. The number of amides is 1. The monoisotopic (exact) mass is 481 g/mol. The summed E-state index contributed by atoms with van der Waals surface area (Å²) in [5.74, 6) is -1.03. The Hall–Kier alpha value is -4.65. The van der Waals surface area contributed by atoms with Gasteiger partial charge in [-0.2, -0.15) is 0 Å². The van der Waals surface area contributed by atoms with E-state index < -0.39 is 17.5 Å². The minimum Gasteiger partial charge on any atom is -0.507 e. The first-order valence-electron chi connectivity index (χ1n) is 11.4. The Morgan fingerprint density at radius 1 is 0.833 bits per heavy atom. The Bertz CT molecular complexity index is 1430. The second kappa shape index (κ2) is 9.92. The van der Waals surface area contributed by atoms with Crippen LogP contribution in [0.5, 0.6) is 5.75 Å². The maximum Gasteiger partial charge on any atom is 0.340 e. The Labute approximate surface area is 209 Å². The quantitative estimate of drug-likeness (QED) is 0.305. The summed E-state index contributed by atoms with van der Waals surface area (Å²) in [6.45, 7) is 5.32. The van der Waals surface area contributed by atoms with Crippen molar-refractivity contribution in [3.8, 4) is 28.1 Å². The van der Waals surface area contributed by atoms with Crippen LogP contribution in [0.1, 0.15) is 41.5 Å². The van der Waals surface area contributed by atoms with Crippen molar-refractivity contribution >= 4 is 23.4 Å². The number of hydrogen-bond acceptors (Lipinski definition) is 6. The summed E-state index contributed by atoms with van der Waals surface area (Å²) in [5.41, 5.74) is 8.46. The van der Waals surface area contributed by atoms with Gasteiger partial charge in [0.1, 0.15) is 17.2 Å². The van der Waals surface area contributed by atoms with Gasteiger partial charge in [-0.15, -0.1) is 0 Å². The molecule has 1 heterocycles. The average molecular weight is 482 g/mol. The summed E-state index contributed by atoms with van der Waals surface area (Å²) >= 11 is 0.